The van der Waals surface area contributed by atoms with E-state index in [2.05, 4.69) is 19.2 Å². The van der Waals surface area contributed by atoms with Gasteiger partial charge in [-0.2, -0.15) is 0 Å². The fourth-order valence-electron chi connectivity index (χ4n) is 1.58. The molecule has 0 bridgehead atoms. The minimum Gasteiger partial charge on any atom is -0.397 e. The molecule has 1 aromatic rings. The van der Waals surface area contributed by atoms with Gasteiger partial charge in [0.2, 0.25) is 0 Å². The summed E-state index contributed by atoms with van der Waals surface area (Å²) in [5.74, 6) is 0. The average Bonchev–Trinajstić information content (AvgIpc) is 2.24. The third-order valence-corrected chi connectivity index (χ3v) is 2.98. The number of hydrogen-bond donors (Lipinski definition) is 4. The van der Waals surface area contributed by atoms with E-state index in [1.807, 2.05) is 12.1 Å². The third-order valence-electron chi connectivity index (χ3n) is 2.98. The van der Waals surface area contributed by atoms with Crippen LogP contribution in [0.25, 0.3) is 0 Å². The molecule has 16 heavy (non-hydrogen) atoms. The Morgan fingerprint density at radius 3 is 2.50 bits per heavy atom. The number of hydrogen-bond acceptors (Lipinski definition) is 4. The zero-order chi connectivity index (χ0) is 12.2. The molecule has 0 aliphatic rings. The maximum absolute atomic E-state index is 9.03. The maximum Gasteiger partial charge on any atom is 0.0568 e. The van der Waals surface area contributed by atoms with Gasteiger partial charge in [-0.25, -0.2) is 0 Å². The number of nitrogens with two attached hydrogens (primary N) is 2. The van der Waals surface area contributed by atoms with Gasteiger partial charge in [-0.15, -0.1) is 0 Å². The molecule has 1 rings (SSSR count). The van der Waals surface area contributed by atoms with Gasteiger partial charge in [0.15, 0.2) is 0 Å². The van der Waals surface area contributed by atoms with Crippen LogP contribution in [0, 0.1) is 0 Å². The molecule has 0 fully saturated rings. The Kier molecular flexibility index (Phi) is 4.01. The summed E-state index contributed by atoms with van der Waals surface area (Å²) in [4.78, 5) is 0. The van der Waals surface area contributed by atoms with Gasteiger partial charge >= 0.3 is 0 Å². The molecule has 0 aliphatic heterocycles. The Balaban J connectivity index is 2.81. The fourth-order valence-corrected chi connectivity index (χ4v) is 1.58. The van der Waals surface area contributed by atoms with E-state index in [1.54, 1.807) is 6.07 Å². The lowest BCUT2D eigenvalue weighted by atomic mass is 9.94. The van der Waals surface area contributed by atoms with E-state index >= 15 is 0 Å². The number of aliphatic hydroxyl groups is 1. The molecule has 0 saturated carbocycles. The first-order chi connectivity index (χ1) is 7.50. The van der Waals surface area contributed by atoms with Crippen LogP contribution in [0.2, 0.25) is 0 Å². The molecule has 0 saturated heterocycles. The lowest BCUT2D eigenvalue weighted by Crippen LogP contribution is -2.35. The Labute approximate surface area is 96.6 Å². The Hall–Kier alpha value is -1.42. The smallest absolute Gasteiger partial charge is 0.0568 e. The Bertz CT molecular complexity index is 354. The highest BCUT2D eigenvalue weighted by Crippen LogP contribution is 2.25. The standard InChI is InChI=1S/C12H21N3O/c1-3-12(2,6-7-16)15-9-4-5-10(13)11(14)8-9/h4-5,8,15-16H,3,6-7,13-14H2,1-2H3. The molecule has 4 nitrogen and oxygen atoms in total. The van der Waals surface area contributed by atoms with E-state index in [0.717, 1.165) is 12.1 Å². The van der Waals surface area contributed by atoms with Gasteiger partial charge in [-0.05, 0) is 38.0 Å². The van der Waals surface area contributed by atoms with Crippen LogP contribution in [0.4, 0.5) is 17.1 Å². The van der Waals surface area contributed by atoms with Gasteiger partial charge in [0.05, 0.1) is 11.4 Å². The highest BCUT2D eigenvalue weighted by Gasteiger charge is 2.20. The summed E-state index contributed by atoms with van der Waals surface area (Å²) in [5, 5.41) is 12.4. The lowest BCUT2D eigenvalue weighted by molar-refractivity contribution is 0.252. The first-order valence-electron chi connectivity index (χ1n) is 5.55. The molecule has 0 heterocycles. The predicted octanol–water partition coefficient (Wildman–Crippen LogP) is 1.81. The van der Waals surface area contributed by atoms with Crippen LogP contribution in [0.1, 0.15) is 26.7 Å². The van der Waals surface area contributed by atoms with Crippen molar-refractivity contribution in [2.24, 2.45) is 0 Å². The zero-order valence-electron chi connectivity index (χ0n) is 9.96. The molecule has 0 aliphatic carbocycles. The van der Waals surface area contributed by atoms with Crippen molar-refractivity contribution < 1.29 is 5.11 Å². The van der Waals surface area contributed by atoms with Crippen LogP contribution in [0.5, 0.6) is 0 Å². The highest BCUT2D eigenvalue weighted by atomic mass is 16.3. The molecule has 1 unspecified atom stereocenters. The van der Waals surface area contributed by atoms with Crippen molar-refractivity contribution in [2.75, 3.05) is 23.4 Å². The van der Waals surface area contributed by atoms with Gasteiger partial charge in [0, 0.05) is 17.8 Å². The molecule has 4 heteroatoms. The van der Waals surface area contributed by atoms with Crippen molar-refractivity contribution >= 4 is 17.1 Å². The van der Waals surface area contributed by atoms with Crippen LogP contribution in [-0.4, -0.2) is 17.3 Å². The normalized spacial score (nSPS) is 14.4. The van der Waals surface area contributed by atoms with E-state index in [0.29, 0.717) is 17.8 Å². The number of rotatable bonds is 5. The summed E-state index contributed by atoms with van der Waals surface area (Å²) in [5.41, 5.74) is 13.4. The minimum absolute atomic E-state index is 0.114. The molecule has 0 spiro atoms. The van der Waals surface area contributed by atoms with Crippen LogP contribution >= 0.6 is 0 Å². The molecule has 0 radical (unpaired) electrons. The fraction of sp³-hybridized carbons (Fsp3) is 0.500. The Morgan fingerprint density at radius 2 is 2.00 bits per heavy atom. The SMILES string of the molecule is CCC(C)(CCO)Nc1ccc(N)c(N)c1. The van der Waals surface area contributed by atoms with Crippen LogP contribution in [-0.2, 0) is 0 Å². The van der Waals surface area contributed by atoms with E-state index in [9.17, 15) is 0 Å². The van der Waals surface area contributed by atoms with Crippen molar-refractivity contribution in [3.05, 3.63) is 18.2 Å². The van der Waals surface area contributed by atoms with E-state index < -0.39 is 0 Å². The van der Waals surface area contributed by atoms with E-state index in [1.165, 1.54) is 0 Å². The van der Waals surface area contributed by atoms with E-state index in [-0.39, 0.29) is 12.1 Å². The lowest BCUT2D eigenvalue weighted by Gasteiger charge is -2.30. The molecule has 1 atom stereocenters. The van der Waals surface area contributed by atoms with Gasteiger partial charge in [-0.3, -0.25) is 0 Å². The van der Waals surface area contributed by atoms with Crippen molar-refractivity contribution in [1.29, 1.82) is 0 Å². The summed E-state index contributed by atoms with van der Waals surface area (Å²) >= 11 is 0. The van der Waals surface area contributed by atoms with Gasteiger partial charge < -0.3 is 21.9 Å². The van der Waals surface area contributed by atoms with E-state index in [4.69, 9.17) is 16.6 Å². The number of benzene rings is 1. The third kappa shape index (κ3) is 3.03. The molecule has 0 aromatic heterocycles. The largest absolute Gasteiger partial charge is 0.397 e. The summed E-state index contributed by atoms with van der Waals surface area (Å²) in [6.45, 7) is 4.33. The minimum atomic E-state index is -0.114. The first-order valence-corrected chi connectivity index (χ1v) is 5.55. The van der Waals surface area contributed by atoms with Crippen molar-refractivity contribution in [3.8, 4) is 0 Å². The van der Waals surface area contributed by atoms with Crippen LogP contribution in [0.3, 0.4) is 0 Å². The number of nitrogens with one attached hydrogen (secondary N) is 1. The van der Waals surface area contributed by atoms with Gasteiger partial charge in [0.1, 0.15) is 0 Å². The van der Waals surface area contributed by atoms with Crippen LogP contribution < -0.4 is 16.8 Å². The topological polar surface area (TPSA) is 84.3 Å². The number of anilines is 3. The van der Waals surface area contributed by atoms with Crippen molar-refractivity contribution in [3.63, 3.8) is 0 Å². The number of aliphatic hydroxyl groups excluding tert-OH is 1. The molecule has 90 valence electrons. The molecule has 1 aromatic carbocycles. The molecular formula is C12H21N3O. The van der Waals surface area contributed by atoms with Crippen molar-refractivity contribution in [1.82, 2.24) is 0 Å². The predicted molar refractivity (Wildman–Crippen MR) is 69.3 cm³/mol. The van der Waals surface area contributed by atoms with Crippen molar-refractivity contribution in [2.45, 2.75) is 32.2 Å². The average molecular weight is 223 g/mol. The second-order valence-corrected chi connectivity index (χ2v) is 4.36. The van der Waals surface area contributed by atoms with Gasteiger partial charge in [0.25, 0.3) is 0 Å². The highest BCUT2D eigenvalue weighted by molar-refractivity contribution is 5.69. The molecule has 6 N–H and O–H groups in total. The second-order valence-electron chi connectivity index (χ2n) is 4.36. The Morgan fingerprint density at radius 1 is 1.31 bits per heavy atom. The summed E-state index contributed by atoms with van der Waals surface area (Å²) in [6.07, 6.45) is 1.63. The summed E-state index contributed by atoms with van der Waals surface area (Å²) in [6, 6.07) is 5.50. The second kappa shape index (κ2) is 5.07. The zero-order valence-corrected chi connectivity index (χ0v) is 9.96. The molecule has 0 amide bonds. The maximum atomic E-state index is 9.03. The first kappa shape index (κ1) is 12.6. The van der Waals surface area contributed by atoms with Crippen LogP contribution in [0.15, 0.2) is 18.2 Å². The monoisotopic (exact) mass is 223 g/mol. The van der Waals surface area contributed by atoms with Gasteiger partial charge in [-0.1, -0.05) is 6.92 Å². The number of nitrogen functional groups attached to an aromatic ring is 2. The molecular weight excluding hydrogens is 202 g/mol. The summed E-state index contributed by atoms with van der Waals surface area (Å²) < 4.78 is 0. The summed E-state index contributed by atoms with van der Waals surface area (Å²) in [7, 11) is 0. The quantitative estimate of drug-likeness (QED) is 0.574.